The van der Waals surface area contributed by atoms with Crippen molar-refractivity contribution in [3.63, 3.8) is 0 Å². The third-order valence-electron chi connectivity index (χ3n) is 7.02. The van der Waals surface area contributed by atoms with Gasteiger partial charge in [-0.05, 0) is 53.9 Å². The van der Waals surface area contributed by atoms with Gasteiger partial charge >= 0.3 is 0 Å². The molecule has 0 saturated heterocycles. The smallest absolute Gasteiger partial charge is 0.264 e. The first kappa shape index (κ1) is 32.0. The van der Waals surface area contributed by atoms with E-state index < -0.39 is 28.5 Å². The van der Waals surface area contributed by atoms with Crippen molar-refractivity contribution in [1.29, 1.82) is 0 Å². The van der Waals surface area contributed by atoms with Crippen LogP contribution in [0.15, 0.2) is 125 Å². The van der Waals surface area contributed by atoms with Gasteiger partial charge in [-0.1, -0.05) is 108 Å². The van der Waals surface area contributed by atoms with Crippen LogP contribution in [0.5, 0.6) is 0 Å². The number of hydrogen-bond donors (Lipinski definition) is 1. The molecule has 1 atom stereocenters. The molecule has 0 aliphatic heterocycles. The highest BCUT2D eigenvalue weighted by atomic mass is 79.9. The maximum Gasteiger partial charge on any atom is 0.264 e. The fourth-order valence-corrected chi connectivity index (χ4v) is 6.40. The third kappa shape index (κ3) is 8.78. The van der Waals surface area contributed by atoms with Crippen molar-refractivity contribution in [3.05, 3.63) is 131 Å². The van der Waals surface area contributed by atoms with Crippen LogP contribution in [0.1, 0.15) is 30.9 Å². The number of amides is 2. The molecule has 0 saturated carbocycles. The molecule has 0 aliphatic rings. The predicted octanol–water partition coefficient (Wildman–Crippen LogP) is 6.20. The van der Waals surface area contributed by atoms with E-state index in [0.29, 0.717) is 12.2 Å². The summed E-state index contributed by atoms with van der Waals surface area (Å²) >= 11 is 3.41. The van der Waals surface area contributed by atoms with E-state index in [9.17, 15) is 18.0 Å². The van der Waals surface area contributed by atoms with Gasteiger partial charge in [-0.2, -0.15) is 0 Å². The van der Waals surface area contributed by atoms with Crippen LogP contribution in [-0.2, 0) is 32.6 Å². The first-order chi connectivity index (χ1) is 20.8. The summed E-state index contributed by atoms with van der Waals surface area (Å²) in [6.45, 7) is 2.18. The Balaban J connectivity index is 1.76. The summed E-state index contributed by atoms with van der Waals surface area (Å²) in [7, 11) is -4.12. The minimum Gasteiger partial charge on any atom is -0.354 e. The summed E-state index contributed by atoms with van der Waals surface area (Å²) in [5, 5.41) is 3.00. The summed E-state index contributed by atoms with van der Waals surface area (Å²) in [6, 6.07) is 32.9. The van der Waals surface area contributed by atoms with Gasteiger partial charge in [0.05, 0.1) is 10.6 Å². The van der Waals surface area contributed by atoms with E-state index in [1.165, 1.54) is 17.0 Å². The fourth-order valence-electron chi connectivity index (χ4n) is 4.70. The highest BCUT2D eigenvalue weighted by Crippen LogP contribution is 2.26. The second-order valence-corrected chi connectivity index (χ2v) is 12.9. The van der Waals surface area contributed by atoms with Crippen LogP contribution >= 0.6 is 15.9 Å². The lowest BCUT2D eigenvalue weighted by atomic mass is 10.0. The first-order valence-corrected chi connectivity index (χ1v) is 16.5. The van der Waals surface area contributed by atoms with E-state index in [2.05, 4.69) is 21.2 Å². The first-order valence-electron chi connectivity index (χ1n) is 14.3. The quantitative estimate of drug-likeness (QED) is 0.163. The highest BCUT2D eigenvalue weighted by Gasteiger charge is 2.34. The number of benzene rings is 4. The summed E-state index contributed by atoms with van der Waals surface area (Å²) in [5.41, 5.74) is 2.06. The number of anilines is 1. The maximum atomic E-state index is 14.4. The van der Waals surface area contributed by atoms with Crippen molar-refractivity contribution in [2.75, 3.05) is 17.4 Å². The van der Waals surface area contributed by atoms with E-state index in [0.717, 1.165) is 32.7 Å². The molecule has 2 amide bonds. The minimum absolute atomic E-state index is 0.0680. The third-order valence-corrected chi connectivity index (χ3v) is 9.34. The monoisotopic (exact) mass is 661 g/mol. The van der Waals surface area contributed by atoms with Crippen LogP contribution in [0.2, 0.25) is 0 Å². The van der Waals surface area contributed by atoms with Gasteiger partial charge in [0, 0.05) is 24.0 Å². The molecule has 0 spiro atoms. The Kier molecular flexibility index (Phi) is 11.5. The van der Waals surface area contributed by atoms with Gasteiger partial charge in [-0.15, -0.1) is 0 Å². The molecule has 0 fully saturated rings. The van der Waals surface area contributed by atoms with Crippen LogP contribution in [0.4, 0.5) is 5.69 Å². The molecule has 4 rings (SSSR count). The van der Waals surface area contributed by atoms with E-state index in [-0.39, 0.29) is 23.8 Å². The fraction of sp³-hybridized carbons (Fsp3) is 0.235. The average Bonchev–Trinajstić information content (AvgIpc) is 3.03. The molecule has 224 valence electrons. The summed E-state index contributed by atoms with van der Waals surface area (Å²) in [6.07, 6.45) is 2.00. The average molecular weight is 663 g/mol. The van der Waals surface area contributed by atoms with Crippen LogP contribution in [0, 0.1) is 0 Å². The second-order valence-electron chi connectivity index (χ2n) is 10.2. The number of halogens is 1. The number of sulfonamides is 1. The van der Waals surface area contributed by atoms with Gasteiger partial charge in [-0.3, -0.25) is 13.9 Å². The number of carbonyl (C=O) groups is 2. The molecule has 9 heteroatoms. The minimum atomic E-state index is -4.12. The number of hydrogen-bond acceptors (Lipinski definition) is 4. The molecule has 0 aliphatic carbocycles. The Hall–Kier alpha value is -3.95. The lowest BCUT2D eigenvalue weighted by Gasteiger charge is -2.34. The number of nitrogens with zero attached hydrogens (tertiary/aromatic N) is 2. The molecule has 7 nitrogen and oxygen atoms in total. The SMILES string of the molecule is CCCCNC(=O)[C@@H](Cc1ccccc1)N(Cc1ccccc1)C(=O)CN(c1ccc(Br)cc1)S(=O)(=O)c1ccccc1. The molecule has 0 bridgehead atoms. The molecule has 43 heavy (non-hydrogen) atoms. The Bertz CT molecular complexity index is 1570. The lowest BCUT2D eigenvalue weighted by molar-refractivity contribution is -0.140. The summed E-state index contributed by atoms with van der Waals surface area (Å²) in [5.74, 6) is -0.763. The van der Waals surface area contributed by atoms with Gasteiger partial charge in [0.1, 0.15) is 12.6 Å². The molecule has 4 aromatic carbocycles. The maximum absolute atomic E-state index is 14.4. The zero-order valence-corrected chi connectivity index (χ0v) is 26.5. The number of nitrogens with one attached hydrogen (secondary N) is 1. The van der Waals surface area contributed by atoms with Crippen LogP contribution in [-0.4, -0.2) is 44.3 Å². The zero-order valence-electron chi connectivity index (χ0n) is 24.1. The Morgan fingerprint density at radius 2 is 1.35 bits per heavy atom. The molecule has 0 radical (unpaired) electrons. The lowest BCUT2D eigenvalue weighted by Crippen LogP contribution is -2.53. The molecule has 0 aromatic heterocycles. The normalized spacial score (nSPS) is 11.9. The Labute approximate surface area is 262 Å². The van der Waals surface area contributed by atoms with Gasteiger partial charge in [-0.25, -0.2) is 8.42 Å². The summed E-state index contributed by atoms with van der Waals surface area (Å²) < 4.78 is 29.8. The Morgan fingerprint density at radius 1 is 0.791 bits per heavy atom. The van der Waals surface area contributed by atoms with Crippen LogP contribution < -0.4 is 9.62 Å². The molecular formula is C34H36BrN3O4S. The second kappa shape index (κ2) is 15.5. The van der Waals surface area contributed by atoms with Crippen molar-refractivity contribution >= 4 is 43.5 Å². The standard InChI is InChI=1S/C34H36BrN3O4S/c1-2-3-23-36-34(40)32(24-27-13-7-4-8-14-27)37(25-28-15-9-5-10-16-28)33(39)26-38(30-21-19-29(35)20-22-30)43(41,42)31-17-11-6-12-18-31/h4-22,32H,2-3,23-26H2,1H3,(H,36,40)/t32-/m1/s1. The van der Waals surface area contributed by atoms with E-state index in [1.807, 2.05) is 67.6 Å². The number of carbonyl (C=O) groups excluding carboxylic acids is 2. The van der Waals surface area contributed by atoms with Crippen molar-refractivity contribution in [3.8, 4) is 0 Å². The van der Waals surface area contributed by atoms with Gasteiger partial charge in [0.2, 0.25) is 11.8 Å². The molecule has 0 unspecified atom stereocenters. The summed E-state index contributed by atoms with van der Waals surface area (Å²) in [4.78, 5) is 29.7. The molecular weight excluding hydrogens is 626 g/mol. The van der Waals surface area contributed by atoms with Crippen molar-refractivity contribution < 1.29 is 18.0 Å². The topological polar surface area (TPSA) is 86.8 Å². The van der Waals surface area contributed by atoms with Crippen molar-refractivity contribution in [1.82, 2.24) is 10.2 Å². The van der Waals surface area contributed by atoms with E-state index in [1.54, 1.807) is 42.5 Å². The van der Waals surface area contributed by atoms with Crippen LogP contribution in [0.25, 0.3) is 0 Å². The number of unbranched alkanes of at least 4 members (excludes halogenated alkanes) is 1. The molecule has 0 heterocycles. The van der Waals surface area contributed by atoms with Crippen LogP contribution in [0.3, 0.4) is 0 Å². The molecule has 4 aromatic rings. The van der Waals surface area contributed by atoms with Crippen molar-refractivity contribution in [2.45, 2.75) is 43.7 Å². The van der Waals surface area contributed by atoms with E-state index >= 15 is 0 Å². The van der Waals surface area contributed by atoms with Gasteiger partial charge in [0.15, 0.2) is 0 Å². The largest absolute Gasteiger partial charge is 0.354 e. The van der Waals surface area contributed by atoms with Crippen molar-refractivity contribution in [2.24, 2.45) is 0 Å². The molecule has 1 N–H and O–H groups in total. The predicted molar refractivity (Wildman–Crippen MR) is 174 cm³/mol. The van der Waals surface area contributed by atoms with Gasteiger partial charge < -0.3 is 10.2 Å². The highest BCUT2D eigenvalue weighted by molar-refractivity contribution is 9.10. The Morgan fingerprint density at radius 3 is 1.93 bits per heavy atom. The van der Waals surface area contributed by atoms with E-state index in [4.69, 9.17) is 0 Å². The number of rotatable bonds is 14. The zero-order chi connectivity index (χ0) is 30.7. The van der Waals surface area contributed by atoms with Gasteiger partial charge in [0.25, 0.3) is 10.0 Å².